The fourth-order valence-electron chi connectivity index (χ4n) is 4.07. The SMILES string of the molecule is O=C(C1CCC1)N1CCc2cc(S(=O)(=O)NCCCN3CCOCC3)ccc21. The fourth-order valence-corrected chi connectivity index (χ4v) is 5.19. The first-order chi connectivity index (χ1) is 13.5. The number of carbonyl (C=O) groups excluding carboxylic acids is 1. The van der Waals surface area contributed by atoms with Crippen LogP contribution in [-0.4, -0.2) is 65.2 Å². The Labute approximate surface area is 167 Å². The topological polar surface area (TPSA) is 79.0 Å². The monoisotopic (exact) mass is 407 g/mol. The molecule has 2 fully saturated rings. The van der Waals surface area contributed by atoms with Crippen LogP contribution in [-0.2, 0) is 26.0 Å². The number of hydrogen-bond acceptors (Lipinski definition) is 5. The van der Waals surface area contributed by atoms with Crippen molar-refractivity contribution >= 4 is 21.6 Å². The molecular formula is C20H29N3O4S. The lowest BCUT2D eigenvalue weighted by molar-refractivity contribution is -0.124. The third-order valence-corrected chi connectivity index (χ3v) is 7.48. The molecule has 1 aromatic rings. The van der Waals surface area contributed by atoms with Gasteiger partial charge in [-0.1, -0.05) is 6.42 Å². The number of nitrogens with zero attached hydrogens (tertiary/aromatic N) is 2. The van der Waals surface area contributed by atoms with Crippen molar-refractivity contribution in [1.82, 2.24) is 9.62 Å². The zero-order valence-electron chi connectivity index (χ0n) is 16.2. The molecular weight excluding hydrogens is 378 g/mol. The first kappa shape index (κ1) is 19.8. The van der Waals surface area contributed by atoms with E-state index in [-0.39, 0.29) is 16.7 Å². The van der Waals surface area contributed by atoms with E-state index in [1.807, 2.05) is 4.90 Å². The molecule has 4 rings (SSSR count). The van der Waals surface area contributed by atoms with E-state index in [9.17, 15) is 13.2 Å². The Bertz CT molecular complexity index is 817. The van der Waals surface area contributed by atoms with E-state index in [2.05, 4.69) is 9.62 Å². The summed E-state index contributed by atoms with van der Waals surface area (Å²) in [5.41, 5.74) is 1.83. The van der Waals surface area contributed by atoms with Gasteiger partial charge in [0, 0.05) is 37.8 Å². The average molecular weight is 408 g/mol. The minimum Gasteiger partial charge on any atom is -0.379 e. The molecule has 8 heteroatoms. The largest absolute Gasteiger partial charge is 0.379 e. The number of fused-ring (bicyclic) bond motifs is 1. The summed E-state index contributed by atoms with van der Waals surface area (Å²) in [6, 6.07) is 5.14. The molecule has 3 aliphatic rings. The molecule has 0 unspecified atom stereocenters. The lowest BCUT2D eigenvalue weighted by Gasteiger charge is -2.29. The number of rotatable bonds is 7. The van der Waals surface area contributed by atoms with Crippen molar-refractivity contribution in [2.75, 3.05) is 50.8 Å². The minimum absolute atomic E-state index is 0.155. The zero-order valence-corrected chi connectivity index (χ0v) is 17.0. The summed E-state index contributed by atoms with van der Waals surface area (Å²) in [6.45, 7) is 5.27. The lowest BCUT2D eigenvalue weighted by Crippen LogP contribution is -2.38. The molecule has 154 valence electrons. The van der Waals surface area contributed by atoms with Crippen LogP contribution in [0.4, 0.5) is 5.69 Å². The second-order valence-corrected chi connectivity index (χ2v) is 9.63. The normalized spacial score (nSPS) is 20.8. The molecule has 0 aromatic heterocycles. The van der Waals surface area contributed by atoms with Gasteiger partial charge in [-0.2, -0.15) is 0 Å². The molecule has 0 atom stereocenters. The second kappa shape index (κ2) is 8.49. The van der Waals surface area contributed by atoms with Crippen LogP contribution in [0.25, 0.3) is 0 Å². The van der Waals surface area contributed by atoms with E-state index in [1.165, 1.54) is 0 Å². The Morgan fingerprint density at radius 3 is 2.68 bits per heavy atom. The van der Waals surface area contributed by atoms with Gasteiger partial charge in [0.15, 0.2) is 0 Å². The third kappa shape index (κ3) is 4.25. The van der Waals surface area contributed by atoms with Crippen LogP contribution in [0.5, 0.6) is 0 Å². The number of carbonyl (C=O) groups is 1. The standard InChI is InChI=1S/C20H29N3O4S/c24-20(16-3-1-4-16)23-10-7-17-15-18(5-6-19(17)23)28(25,26)21-8-2-9-22-11-13-27-14-12-22/h5-6,15-16,21H,1-4,7-14H2. The number of morpholine rings is 1. The van der Waals surface area contributed by atoms with Crippen LogP contribution in [0.15, 0.2) is 23.1 Å². The van der Waals surface area contributed by atoms with Crippen LogP contribution >= 0.6 is 0 Å². The molecule has 1 N–H and O–H groups in total. The van der Waals surface area contributed by atoms with Gasteiger partial charge >= 0.3 is 0 Å². The highest BCUT2D eigenvalue weighted by molar-refractivity contribution is 7.89. The molecule has 2 heterocycles. The molecule has 1 aliphatic carbocycles. The number of benzene rings is 1. The number of ether oxygens (including phenoxy) is 1. The Hall–Kier alpha value is -1.48. The van der Waals surface area contributed by atoms with Crippen molar-refractivity contribution in [2.45, 2.75) is 37.0 Å². The zero-order chi connectivity index (χ0) is 19.6. The van der Waals surface area contributed by atoms with Crippen LogP contribution in [0.3, 0.4) is 0 Å². The maximum Gasteiger partial charge on any atom is 0.240 e. The summed E-state index contributed by atoms with van der Waals surface area (Å²) in [5, 5.41) is 0. The second-order valence-electron chi connectivity index (χ2n) is 7.86. The predicted octanol–water partition coefficient (Wildman–Crippen LogP) is 1.38. The van der Waals surface area contributed by atoms with Crippen molar-refractivity contribution < 1.29 is 17.9 Å². The number of anilines is 1. The smallest absolute Gasteiger partial charge is 0.240 e. The van der Waals surface area contributed by atoms with Crippen molar-refractivity contribution in [2.24, 2.45) is 5.92 Å². The summed E-state index contributed by atoms with van der Waals surface area (Å²) in [6.07, 6.45) is 4.57. The molecule has 1 saturated heterocycles. The number of sulfonamides is 1. The molecule has 0 bridgehead atoms. The van der Waals surface area contributed by atoms with E-state index in [1.54, 1.807) is 18.2 Å². The number of nitrogens with one attached hydrogen (secondary N) is 1. The van der Waals surface area contributed by atoms with Gasteiger partial charge in [-0.25, -0.2) is 13.1 Å². The summed E-state index contributed by atoms with van der Waals surface area (Å²) in [5.74, 6) is 0.351. The lowest BCUT2D eigenvalue weighted by atomic mass is 9.84. The van der Waals surface area contributed by atoms with Crippen LogP contribution in [0, 0.1) is 5.92 Å². The Balaban J connectivity index is 1.34. The molecule has 1 aromatic carbocycles. The van der Waals surface area contributed by atoms with Gasteiger partial charge in [0.2, 0.25) is 15.9 Å². The summed E-state index contributed by atoms with van der Waals surface area (Å²) in [7, 11) is -3.53. The van der Waals surface area contributed by atoms with Crippen molar-refractivity contribution in [3.05, 3.63) is 23.8 Å². The van der Waals surface area contributed by atoms with Gasteiger partial charge < -0.3 is 9.64 Å². The van der Waals surface area contributed by atoms with Gasteiger partial charge in [0.1, 0.15) is 0 Å². The Kier molecular flexibility index (Phi) is 6.01. The van der Waals surface area contributed by atoms with Crippen LogP contribution in [0.1, 0.15) is 31.2 Å². The number of amides is 1. The van der Waals surface area contributed by atoms with Crippen molar-refractivity contribution in [3.8, 4) is 0 Å². The van der Waals surface area contributed by atoms with Crippen molar-refractivity contribution in [3.63, 3.8) is 0 Å². The quantitative estimate of drug-likeness (QED) is 0.691. The molecule has 1 amide bonds. The van der Waals surface area contributed by atoms with Crippen LogP contribution < -0.4 is 9.62 Å². The molecule has 28 heavy (non-hydrogen) atoms. The maximum atomic E-state index is 12.6. The Morgan fingerprint density at radius 1 is 1.18 bits per heavy atom. The number of hydrogen-bond donors (Lipinski definition) is 1. The van der Waals surface area contributed by atoms with Crippen molar-refractivity contribution in [1.29, 1.82) is 0 Å². The highest BCUT2D eigenvalue weighted by atomic mass is 32.2. The third-order valence-electron chi connectivity index (χ3n) is 6.02. The first-order valence-electron chi connectivity index (χ1n) is 10.3. The summed E-state index contributed by atoms with van der Waals surface area (Å²) < 4.78 is 33.3. The van der Waals surface area contributed by atoms with Gasteiger partial charge in [-0.15, -0.1) is 0 Å². The molecule has 7 nitrogen and oxygen atoms in total. The molecule has 1 saturated carbocycles. The van der Waals surface area contributed by atoms with Gasteiger partial charge in [-0.05, 0) is 56.0 Å². The molecule has 0 radical (unpaired) electrons. The summed E-state index contributed by atoms with van der Waals surface area (Å²) in [4.78, 5) is 17.0. The van der Waals surface area contributed by atoms with E-state index in [0.29, 0.717) is 19.5 Å². The maximum absolute atomic E-state index is 12.6. The first-order valence-corrected chi connectivity index (χ1v) is 11.8. The Morgan fingerprint density at radius 2 is 1.96 bits per heavy atom. The van der Waals surface area contributed by atoms with E-state index in [4.69, 9.17) is 4.74 Å². The highest BCUT2D eigenvalue weighted by Gasteiger charge is 2.33. The van der Waals surface area contributed by atoms with E-state index < -0.39 is 10.0 Å². The fraction of sp³-hybridized carbons (Fsp3) is 0.650. The summed E-state index contributed by atoms with van der Waals surface area (Å²) >= 11 is 0. The van der Waals surface area contributed by atoms with E-state index in [0.717, 1.165) is 69.8 Å². The van der Waals surface area contributed by atoms with Gasteiger partial charge in [-0.3, -0.25) is 9.69 Å². The average Bonchev–Trinajstić information content (AvgIpc) is 3.08. The molecule has 2 aliphatic heterocycles. The van der Waals surface area contributed by atoms with Gasteiger partial charge in [0.25, 0.3) is 0 Å². The van der Waals surface area contributed by atoms with E-state index >= 15 is 0 Å². The predicted molar refractivity (Wildman–Crippen MR) is 107 cm³/mol. The van der Waals surface area contributed by atoms with Gasteiger partial charge in [0.05, 0.1) is 18.1 Å². The van der Waals surface area contributed by atoms with Crippen LogP contribution in [0.2, 0.25) is 0 Å². The molecule has 0 spiro atoms. The highest BCUT2D eigenvalue weighted by Crippen LogP contribution is 2.35. The minimum atomic E-state index is -3.53.